The van der Waals surface area contributed by atoms with Crippen molar-refractivity contribution in [2.75, 3.05) is 40.4 Å². The fourth-order valence-corrected chi connectivity index (χ4v) is 4.16. The highest BCUT2D eigenvalue weighted by molar-refractivity contribution is 5.94. The maximum absolute atomic E-state index is 13.0. The van der Waals surface area contributed by atoms with Crippen molar-refractivity contribution in [1.82, 2.24) is 19.6 Å². The van der Waals surface area contributed by atoms with Crippen LogP contribution < -0.4 is 9.47 Å². The van der Waals surface area contributed by atoms with E-state index in [2.05, 4.69) is 16.1 Å². The standard InChI is InChI=1S/C25H30N4O3/c1-18-15-19(2)29(26-18)22-8-6-21(7-9-22)25(30)28-13-11-27(12-14-28)17-20-5-10-23(31-3)24(16-20)32-4/h5-10,15-16H,11-14,17H2,1-4H3. The van der Waals surface area contributed by atoms with Crippen LogP contribution in [0.15, 0.2) is 48.5 Å². The zero-order chi connectivity index (χ0) is 22.7. The molecule has 0 N–H and O–H groups in total. The molecular weight excluding hydrogens is 404 g/mol. The van der Waals surface area contributed by atoms with Gasteiger partial charge >= 0.3 is 0 Å². The molecule has 0 spiro atoms. The third kappa shape index (κ3) is 4.62. The molecule has 168 valence electrons. The maximum Gasteiger partial charge on any atom is 0.253 e. The smallest absolute Gasteiger partial charge is 0.253 e. The molecule has 0 unspecified atom stereocenters. The van der Waals surface area contributed by atoms with Crippen LogP contribution in [0.25, 0.3) is 5.69 Å². The van der Waals surface area contributed by atoms with Gasteiger partial charge in [-0.25, -0.2) is 4.68 Å². The van der Waals surface area contributed by atoms with Gasteiger partial charge in [0.1, 0.15) is 0 Å². The van der Waals surface area contributed by atoms with E-state index in [-0.39, 0.29) is 5.91 Å². The molecule has 1 aromatic heterocycles. The highest BCUT2D eigenvalue weighted by atomic mass is 16.5. The van der Waals surface area contributed by atoms with Crippen LogP contribution in [0.4, 0.5) is 0 Å². The van der Waals surface area contributed by atoms with Crippen molar-refractivity contribution >= 4 is 5.91 Å². The van der Waals surface area contributed by atoms with Gasteiger partial charge in [0.25, 0.3) is 5.91 Å². The van der Waals surface area contributed by atoms with E-state index in [0.717, 1.165) is 48.2 Å². The van der Waals surface area contributed by atoms with E-state index in [1.165, 1.54) is 5.56 Å². The van der Waals surface area contributed by atoms with Crippen molar-refractivity contribution in [1.29, 1.82) is 0 Å². The van der Waals surface area contributed by atoms with Crippen LogP contribution in [0.1, 0.15) is 27.3 Å². The summed E-state index contributed by atoms with van der Waals surface area (Å²) in [6.07, 6.45) is 0. The summed E-state index contributed by atoms with van der Waals surface area (Å²) in [5.74, 6) is 1.55. The Morgan fingerprint density at radius 1 is 0.906 bits per heavy atom. The Labute approximate surface area is 189 Å². The number of aromatic nitrogens is 2. The predicted molar refractivity (Wildman–Crippen MR) is 124 cm³/mol. The second-order valence-electron chi connectivity index (χ2n) is 8.14. The molecule has 0 aliphatic carbocycles. The number of nitrogens with zero attached hydrogens (tertiary/aromatic N) is 4. The molecule has 1 aliphatic heterocycles. The Morgan fingerprint density at radius 3 is 2.19 bits per heavy atom. The van der Waals surface area contributed by atoms with Crippen LogP contribution in [0.5, 0.6) is 11.5 Å². The Kier molecular flexibility index (Phi) is 6.46. The van der Waals surface area contributed by atoms with Gasteiger partial charge < -0.3 is 14.4 Å². The molecule has 2 aromatic carbocycles. The van der Waals surface area contributed by atoms with Crippen molar-refractivity contribution in [3.8, 4) is 17.2 Å². The summed E-state index contributed by atoms with van der Waals surface area (Å²) >= 11 is 0. The number of aryl methyl sites for hydroxylation is 2. The molecule has 3 aromatic rings. The van der Waals surface area contributed by atoms with Crippen LogP contribution in [-0.2, 0) is 6.54 Å². The van der Waals surface area contributed by atoms with E-state index in [0.29, 0.717) is 18.7 Å². The molecule has 4 rings (SSSR count). The lowest BCUT2D eigenvalue weighted by Crippen LogP contribution is -2.48. The van der Waals surface area contributed by atoms with E-state index >= 15 is 0 Å². The zero-order valence-corrected chi connectivity index (χ0v) is 19.2. The SMILES string of the molecule is COc1ccc(CN2CCN(C(=O)c3ccc(-n4nc(C)cc4C)cc3)CC2)cc1OC. The first kappa shape index (κ1) is 21.9. The van der Waals surface area contributed by atoms with Gasteiger partial charge in [0.05, 0.1) is 25.6 Å². The lowest BCUT2D eigenvalue weighted by Gasteiger charge is -2.35. The van der Waals surface area contributed by atoms with Crippen LogP contribution >= 0.6 is 0 Å². The topological polar surface area (TPSA) is 59.8 Å². The van der Waals surface area contributed by atoms with E-state index in [1.807, 2.05) is 65.9 Å². The number of carbonyl (C=O) groups is 1. The zero-order valence-electron chi connectivity index (χ0n) is 19.2. The summed E-state index contributed by atoms with van der Waals surface area (Å²) < 4.78 is 12.6. The van der Waals surface area contributed by atoms with Gasteiger partial charge in [-0.3, -0.25) is 9.69 Å². The Morgan fingerprint density at radius 2 is 1.59 bits per heavy atom. The molecule has 32 heavy (non-hydrogen) atoms. The fourth-order valence-electron chi connectivity index (χ4n) is 4.16. The maximum atomic E-state index is 13.0. The van der Waals surface area contributed by atoms with Gasteiger partial charge in [-0.2, -0.15) is 5.10 Å². The first-order valence-corrected chi connectivity index (χ1v) is 10.8. The van der Waals surface area contributed by atoms with Gasteiger partial charge in [-0.15, -0.1) is 0 Å². The van der Waals surface area contributed by atoms with Crippen LogP contribution in [0.2, 0.25) is 0 Å². The third-order valence-corrected chi connectivity index (χ3v) is 5.88. The van der Waals surface area contributed by atoms with E-state index in [9.17, 15) is 4.79 Å². The summed E-state index contributed by atoms with van der Waals surface area (Å²) in [6.45, 7) is 7.93. The summed E-state index contributed by atoms with van der Waals surface area (Å²) in [6, 6.07) is 15.8. The minimum atomic E-state index is 0.0793. The first-order chi connectivity index (χ1) is 15.5. The minimum absolute atomic E-state index is 0.0793. The molecule has 7 heteroatoms. The number of methoxy groups -OCH3 is 2. The van der Waals surface area contributed by atoms with Gasteiger partial charge in [-0.1, -0.05) is 6.07 Å². The van der Waals surface area contributed by atoms with Gasteiger partial charge in [0, 0.05) is 44.0 Å². The van der Waals surface area contributed by atoms with Gasteiger partial charge in [-0.05, 0) is 61.9 Å². The average Bonchev–Trinajstić information content (AvgIpc) is 3.16. The molecule has 0 saturated carbocycles. The van der Waals surface area contributed by atoms with Gasteiger partial charge in [0.2, 0.25) is 0 Å². The number of piperazine rings is 1. The minimum Gasteiger partial charge on any atom is -0.493 e. The summed E-state index contributed by atoms with van der Waals surface area (Å²) in [7, 11) is 3.29. The first-order valence-electron chi connectivity index (χ1n) is 10.8. The van der Waals surface area contributed by atoms with Gasteiger partial charge in [0.15, 0.2) is 11.5 Å². The normalized spacial score (nSPS) is 14.4. The van der Waals surface area contributed by atoms with Crippen LogP contribution in [0, 0.1) is 13.8 Å². The summed E-state index contributed by atoms with van der Waals surface area (Å²) in [5, 5.41) is 4.51. The second-order valence-corrected chi connectivity index (χ2v) is 8.14. The van der Waals surface area contributed by atoms with Crippen LogP contribution in [-0.4, -0.2) is 65.9 Å². The van der Waals surface area contributed by atoms with Crippen molar-refractivity contribution in [3.05, 3.63) is 71.0 Å². The lowest BCUT2D eigenvalue weighted by molar-refractivity contribution is 0.0628. The molecule has 0 bridgehead atoms. The van der Waals surface area contributed by atoms with Crippen molar-refractivity contribution < 1.29 is 14.3 Å². The second kappa shape index (κ2) is 9.44. The Balaban J connectivity index is 1.35. The molecule has 1 fully saturated rings. The number of ether oxygens (including phenoxy) is 2. The fraction of sp³-hybridized carbons (Fsp3) is 0.360. The molecule has 7 nitrogen and oxygen atoms in total. The largest absolute Gasteiger partial charge is 0.493 e. The predicted octanol–water partition coefficient (Wildman–Crippen LogP) is 3.46. The highest BCUT2D eigenvalue weighted by Crippen LogP contribution is 2.28. The molecule has 2 heterocycles. The van der Waals surface area contributed by atoms with Crippen molar-refractivity contribution in [2.45, 2.75) is 20.4 Å². The molecule has 1 saturated heterocycles. The Hall–Kier alpha value is -3.32. The lowest BCUT2D eigenvalue weighted by atomic mass is 10.1. The highest BCUT2D eigenvalue weighted by Gasteiger charge is 2.22. The number of benzene rings is 2. The molecule has 1 amide bonds. The number of hydrogen-bond acceptors (Lipinski definition) is 5. The van der Waals surface area contributed by atoms with E-state index in [4.69, 9.17) is 9.47 Å². The van der Waals surface area contributed by atoms with Crippen molar-refractivity contribution in [2.24, 2.45) is 0 Å². The monoisotopic (exact) mass is 434 g/mol. The summed E-state index contributed by atoms with van der Waals surface area (Å²) in [5.41, 5.74) is 4.90. The molecule has 0 radical (unpaired) electrons. The van der Waals surface area contributed by atoms with E-state index < -0.39 is 0 Å². The molecule has 1 aliphatic rings. The Bertz CT molecular complexity index is 1080. The number of rotatable bonds is 6. The average molecular weight is 435 g/mol. The summed E-state index contributed by atoms with van der Waals surface area (Å²) in [4.78, 5) is 17.3. The molecular formula is C25H30N4O3. The van der Waals surface area contributed by atoms with Crippen molar-refractivity contribution in [3.63, 3.8) is 0 Å². The quantitative estimate of drug-likeness (QED) is 0.595. The number of carbonyl (C=O) groups excluding carboxylic acids is 1. The van der Waals surface area contributed by atoms with Crippen LogP contribution in [0.3, 0.4) is 0 Å². The van der Waals surface area contributed by atoms with E-state index in [1.54, 1.807) is 14.2 Å². The molecule has 0 atom stereocenters. The number of amides is 1. The number of hydrogen-bond donors (Lipinski definition) is 0. The third-order valence-electron chi connectivity index (χ3n) is 5.88.